The Labute approximate surface area is 227 Å². The van der Waals surface area contributed by atoms with Crippen LogP contribution in [0.5, 0.6) is 11.5 Å². The van der Waals surface area contributed by atoms with Gasteiger partial charge in [-0.05, 0) is 68.1 Å². The molecule has 1 heterocycles. The van der Waals surface area contributed by atoms with E-state index >= 15 is 0 Å². The Bertz CT molecular complexity index is 1150. The molecular formula is C27H28Cl4N2O2. The largest absolute Gasteiger partial charge is 0.490 e. The van der Waals surface area contributed by atoms with Crippen LogP contribution in [-0.2, 0) is 13.2 Å². The van der Waals surface area contributed by atoms with Crippen molar-refractivity contribution >= 4 is 57.8 Å². The van der Waals surface area contributed by atoms with Crippen LogP contribution in [0, 0.1) is 0 Å². The molecule has 0 spiro atoms. The second-order valence-corrected chi connectivity index (χ2v) is 10.0. The molecule has 0 aromatic heterocycles. The number of anilines is 2. The van der Waals surface area contributed by atoms with Gasteiger partial charge in [-0.2, -0.15) is 0 Å². The standard InChI is InChI=1S/C27H28Cl4N2O2/c1-2-34-26-13-18(23(30)15-27(26)35-17-20-21(28)7-6-8-22(20)29)16-32-19-9-10-25(24(31)14-19)33-11-4-3-5-12-33/h6-10,13-15,32H,2-5,11-12,16-17H2,1H3. The number of nitrogens with zero attached hydrogens (tertiary/aromatic N) is 1. The number of rotatable bonds is 9. The van der Waals surface area contributed by atoms with E-state index in [1.54, 1.807) is 24.3 Å². The van der Waals surface area contributed by atoms with Crippen LogP contribution >= 0.6 is 46.4 Å². The Kier molecular flexibility index (Phi) is 9.18. The predicted molar refractivity (Wildman–Crippen MR) is 148 cm³/mol. The maximum atomic E-state index is 6.61. The van der Waals surface area contributed by atoms with Crippen molar-refractivity contribution in [3.63, 3.8) is 0 Å². The number of ether oxygens (including phenoxy) is 2. The molecule has 1 N–H and O–H groups in total. The van der Waals surface area contributed by atoms with Gasteiger partial charge < -0.3 is 19.7 Å². The van der Waals surface area contributed by atoms with Crippen molar-refractivity contribution in [1.29, 1.82) is 0 Å². The fourth-order valence-electron chi connectivity index (χ4n) is 4.12. The Balaban J connectivity index is 1.46. The van der Waals surface area contributed by atoms with Crippen LogP contribution in [0.4, 0.5) is 11.4 Å². The van der Waals surface area contributed by atoms with Crippen LogP contribution in [0.25, 0.3) is 0 Å². The van der Waals surface area contributed by atoms with E-state index in [4.69, 9.17) is 55.9 Å². The first-order valence-electron chi connectivity index (χ1n) is 11.8. The summed E-state index contributed by atoms with van der Waals surface area (Å²) in [5, 5.41) is 5.83. The van der Waals surface area contributed by atoms with Gasteiger partial charge in [0.15, 0.2) is 11.5 Å². The summed E-state index contributed by atoms with van der Waals surface area (Å²) in [6.07, 6.45) is 3.71. The molecule has 35 heavy (non-hydrogen) atoms. The average Bonchev–Trinajstić information content (AvgIpc) is 2.85. The molecule has 1 aliphatic heterocycles. The SMILES string of the molecule is CCOc1cc(CNc2ccc(N3CCCCC3)c(Cl)c2)c(Cl)cc1OCc1c(Cl)cccc1Cl. The molecule has 1 fully saturated rings. The van der Waals surface area contributed by atoms with Gasteiger partial charge >= 0.3 is 0 Å². The fraction of sp³-hybridized carbons (Fsp3) is 0.333. The Hall–Kier alpha value is -1.98. The fourth-order valence-corrected chi connectivity index (χ4v) is 5.15. The first-order valence-corrected chi connectivity index (χ1v) is 13.3. The van der Waals surface area contributed by atoms with Crippen molar-refractivity contribution in [2.24, 2.45) is 0 Å². The number of piperidine rings is 1. The molecule has 0 unspecified atom stereocenters. The van der Waals surface area contributed by atoms with Crippen LogP contribution in [0.1, 0.15) is 37.3 Å². The Morgan fingerprint density at radius 3 is 2.20 bits per heavy atom. The summed E-state index contributed by atoms with van der Waals surface area (Å²) < 4.78 is 11.8. The van der Waals surface area contributed by atoms with Crippen LogP contribution in [-0.4, -0.2) is 19.7 Å². The summed E-state index contributed by atoms with van der Waals surface area (Å²) in [6, 6.07) is 15.1. The lowest BCUT2D eigenvalue weighted by atomic mass is 10.1. The second-order valence-electron chi connectivity index (χ2n) is 8.38. The Morgan fingerprint density at radius 2 is 1.51 bits per heavy atom. The lowest BCUT2D eigenvalue weighted by molar-refractivity contribution is 0.269. The third kappa shape index (κ3) is 6.62. The lowest BCUT2D eigenvalue weighted by Crippen LogP contribution is -2.29. The van der Waals surface area contributed by atoms with Crippen molar-refractivity contribution in [2.45, 2.75) is 39.3 Å². The van der Waals surface area contributed by atoms with Gasteiger partial charge in [-0.25, -0.2) is 0 Å². The van der Waals surface area contributed by atoms with E-state index in [0.717, 1.165) is 35.1 Å². The van der Waals surface area contributed by atoms with E-state index in [1.165, 1.54) is 19.3 Å². The van der Waals surface area contributed by atoms with Crippen LogP contribution in [0.15, 0.2) is 48.5 Å². The van der Waals surface area contributed by atoms with Crippen molar-refractivity contribution in [3.8, 4) is 11.5 Å². The molecule has 0 atom stereocenters. The summed E-state index contributed by atoms with van der Waals surface area (Å²) in [5.74, 6) is 1.14. The van der Waals surface area contributed by atoms with Gasteiger partial charge in [0.1, 0.15) is 6.61 Å². The highest BCUT2D eigenvalue weighted by Crippen LogP contribution is 2.36. The molecule has 3 aromatic rings. The average molecular weight is 554 g/mol. The molecule has 0 amide bonds. The van der Waals surface area contributed by atoms with Crippen molar-refractivity contribution < 1.29 is 9.47 Å². The van der Waals surface area contributed by atoms with Crippen LogP contribution < -0.4 is 19.7 Å². The van der Waals surface area contributed by atoms with E-state index in [1.807, 2.05) is 19.1 Å². The summed E-state index contributed by atoms with van der Waals surface area (Å²) in [7, 11) is 0. The van der Waals surface area contributed by atoms with Gasteiger partial charge in [-0.3, -0.25) is 0 Å². The zero-order valence-corrected chi connectivity index (χ0v) is 22.6. The van der Waals surface area contributed by atoms with E-state index in [9.17, 15) is 0 Å². The normalized spacial score (nSPS) is 13.6. The van der Waals surface area contributed by atoms with Gasteiger partial charge in [0.2, 0.25) is 0 Å². The zero-order chi connectivity index (χ0) is 24.8. The molecule has 0 radical (unpaired) electrons. The van der Waals surface area contributed by atoms with E-state index < -0.39 is 0 Å². The highest BCUT2D eigenvalue weighted by molar-refractivity contribution is 6.36. The third-order valence-electron chi connectivity index (χ3n) is 5.97. The molecule has 4 nitrogen and oxygen atoms in total. The molecule has 0 bridgehead atoms. The number of hydrogen-bond donors (Lipinski definition) is 1. The molecule has 1 saturated heterocycles. The lowest BCUT2D eigenvalue weighted by Gasteiger charge is -2.29. The number of nitrogens with one attached hydrogen (secondary N) is 1. The smallest absolute Gasteiger partial charge is 0.163 e. The van der Waals surface area contributed by atoms with E-state index in [0.29, 0.717) is 45.3 Å². The summed E-state index contributed by atoms with van der Waals surface area (Å²) in [4.78, 5) is 2.36. The highest BCUT2D eigenvalue weighted by Gasteiger charge is 2.16. The monoisotopic (exact) mass is 552 g/mol. The second kappa shape index (κ2) is 12.3. The van der Waals surface area contributed by atoms with Gasteiger partial charge in [-0.1, -0.05) is 52.5 Å². The molecule has 3 aromatic carbocycles. The maximum absolute atomic E-state index is 6.61. The molecule has 8 heteroatoms. The minimum Gasteiger partial charge on any atom is -0.490 e. The molecule has 4 rings (SSSR count). The van der Waals surface area contributed by atoms with E-state index in [-0.39, 0.29) is 6.61 Å². The Morgan fingerprint density at radius 1 is 0.800 bits per heavy atom. The summed E-state index contributed by atoms with van der Waals surface area (Å²) >= 11 is 25.8. The number of hydrogen-bond acceptors (Lipinski definition) is 4. The van der Waals surface area contributed by atoms with Gasteiger partial charge in [0.05, 0.1) is 17.3 Å². The van der Waals surface area contributed by atoms with Crippen molar-refractivity contribution in [1.82, 2.24) is 0 Å². The maximum Gasteiger partial charge on any atom is 0.163 e. The third-order valence-corrected chi connectivity index (χ3v) is 7.34. The molecule has 0 saturated carbocycles. The minimum atomic E-state index is 0.203. The van der Waals surface area contributed by atoms with Gasteiger partial charge in [0, 0.05) is 52.0 Å². The number of halogens is 4. The summed E-state index contributed by atoms with van der Waals surface area (Å²) in [6.45, 7) is 5.24. The minimum absolute atomic E-state index is 0.203. The predicted octanol–water partition coefficient (Wildman–Crippen LogP) is 8.88. The van der Waals surface area contributed by atoms with E-state index in [2.05, 4.69) is 22.3 Å². The number of benzene rings is 3. The first-order chi connectivity index (χ1) is 17.0. The van der Waals surface area contributed by atoms with Crippen molar-refractivity contribution in [2.75, 3.05) is 29.9 Å². The van der Waals surface area contributed by atoms with Gasteiger partial charge in [-0.15, -0.1) is 0 Å². The van der Waals surface area contributed by atoms with Crippen LogP contribution in [0.2, 0.25) is 20.1 Å². The van der Waals surface area contributed by atoms with Gasteiger partial charge in [0.25, 0.3) is 0 Å². The molecule has 186 valence electrons. The molecule has 0 aliphatic carbocycles. The van der Waals surface area contributed by atoms with Crippen molar-refractivity contribution in [3.05, 3.63) is 79.7 Å². The highest BCUT2D eigenvalue weighted by atomic mass is 35.5. The summed E-state index contributed by atoms with van der Waals surface area (Å²) in [5.41, 5.74) is 3.62. The first kappa shape index (κ1) is 26.1. The quantitative estimate of drug-likeness (QED) is 0.287. The zero-order valence-electron chi connectivity index (χ0n) is 19.6. The molecule has 1 aliphatic rings. The topological polar surface area (TPSA) is 33.7 Å². The molecular weight excluding hydrogens is 526 g/mol. The van der Waals surface area contributed by atoms with Crippen LogP contribution in [0.3, 0.4) is 0 Å².